The smallest absolute Gasteiger partial charge is 0.319 e. The monoisotopic (exact) mass is 337 g/mol. The Morgan fingerprint density at radius 1 is 1.08 bits per heavy atom. The Hall–Kier alpha value is -2.89. The highest BCUT2D eigenvalue weighted by Crippen LogP contribution is 2.14. The number of pyridine rings is 1. The highest BCUT2D eigenvalue weighted by atomic mass is 16.2. The average molecular weight is 337 g/mol. The molecule has 0 saturated heterocycles. The topological polar surface area (TPSA) is 71.3 Å². The Balaban J connectivity index is 1.63. The molecule has 3 rings (SSSR count). The maximum atomic E-state index is 12.0. The van der Waals surface area contributed by atoms with Crippen molar-refractivity contribution < 1.29 is 4.79 Å². The summed E-state index contributed by atoms with van der Waals surface area (Å²) in [5.41, 5.74) is 2.73. The van der Waals surface area contributed by atoms with Crippen LogP contribution in [0.5, 0.6) is 0 Å². The summed E-state index contributed by atoms with van der Waals surface area (Å²) < 4.78 is 1.98. The number of anilines is 1. The molecule has 130 valence electrons. The minimum absolute atomic E-state index is 0.162. The zero-order valence-electron chi connectivity index (χ0n) is 14.6. The number of urea groups is 1. The fourth-order valence-electron chi connectivity index (χ4n) is 2.75. The van der Waals surface area contributed by atoms with E-state index in [2.05, 4.69) is 34.7 Å². The van der Waals surface area contributed by atoms with Gasteiger partial charge in [-0.25, -0.2) is 4.79 Å². The number of carbonyl (C=O) groups is 1. The van der Waals surface area contributed by atoms with Crippen LogP contribution in [0.2, 0.25) is 0 Å². The molecule has 2 amide bonds. The van der Waals surface area contributed by atoms with E-state index in [1.165, 1.54) is 0 Å². The van der Waals surface area contributed by atoms with Gasteiger partial charge in [-0.3, -0.25) is 4.40 Å². The van der Waals surface area contributed by atoms with E-state index < -0.39 is 0 Å². The number of aromatic nitrogens is 3. The lowest BCUT2D eigenvalue weighted by molar-refractivity contribution is 0.247. The first-order valence-electron chi connectivity index (χ1n) is 8.64. The third-order valence-electron chi connectivity index (χ3n) is 4.28. The van der Waals surface area contributed by atoms with Gasteiger partial charge in [-0.05, 0) is 42.7 Å². The van der Waals surface area contributed by atoms with Crippen LogP contribution in [0.15, 0.2) is 48.7 Å². The van der Waals surface area contributed by atoms with Crippen molar-refractivity contribution >= 4 is 17.4 Å². The molecule has 0 saturated carbocycles. The van der Waals surface area contributed by atoms with Crippen LogP contribution < -0.4 is 10.6 Å². The van der Waals surface area contributed by atoms with Gasteiger partial charge in [0.2, 0.25) is 0 Å². The maximum Gasteiger partial charge on any atom is 0.319 e. The molecule has 25 heavy (non-hydrogen) atoms. The molecule has 1 aromatic carbocycles. The van der Waals surface area contributed by atoms with E-state index in [-0.39, 0.29) is 12.1 Å². The third-order valence-corrected chi connectivity index (χ3v) is 4.28. The fourth-order valence-corrected chi connectivity index (χ4v) is 2.75. The Morgan fingerprint density at radius 2 is 1.84 bits per heavy atom. The standard InChI is InChI=1S/C19H23N5O/c1-3-15(4-2)20-19(25)21-16-10-8-14(9-11-16)13-18-23-22-17-7-5-6-12-24(17)18/h5-12,15H,3-4,13H2,1-2H3,(H2,20,21,25). The molecule has 0 aliphatic heterocycles. The Morgan fingerprint density at radius 3 is 2.56 bits per heavy atom. The summed E-state index contributed by atoms with van der Waals surface area (Å²) >= 11 is 0. The predicted molar refractivity (Wildman–Crippen MR) is 98.8 cm³/mol. The van der Waals surface area contributed by atoms with E-state index in [1.54, 1.807) is 0 Å². The molecule has 0 bridgehead atoms. The van der Waals surface area contributed by atoms with Crippen molar-refractivity contribution in [2.75, 3.05) is 5.32 Å². The molecule has 0 unspecified atom stereocenters. The van der Waals surface area contributed by atoms with Crippen molar-refractivity contribution in [2.24, 2.45) is 0 Å². The van der Waals surface area contributed by atoms with Gasteiger partial charge in [-0.1, -0.05) is 32.0 Å². The summed E-state index contributed by atoms with van der Waals surface area (Å²) in [7, 11) is 0. The Kier molecular flexibility index (Phi) is 5.28. The fraction of sp³-hybridized carbons (Fsp3) is 0.316. The summed E-state index contributed by atoms with van der Waals surface area (Å²) in [5, 5.41) is 14.2. The van der Waals surface area contributed by atoms with Gasteiger partial charge in [0.25, 0.3) is 0 Å². The van der Waals surface area contributed by atoms with Crippen LogP contribution in [0.4, 0.5) is 10.5 Å². The van der Waals surface area contributed by atoms with Crippen molar-refractivity contribution in [2.45, 2.75) is 39.2 Å². The van der Waals surface area contributed by atoms with E-state index in [0.717, 1.165) is 35.6 Å². The second kappa shape index (κ2) is 7.79. The van der Waals surface area contributed by atoms with E-state index in [9.17, 15) is 4.79 Å². The highest BCUT2D eigenvalue weighted by molar-refractivity contribution is 5.89. The number of nitrogens with one attached hydrogen (secondary N) is 2. The second-order valence-electron chi connectivity index (χ2n) is 6.03. The third kappa shape index (κ3) is 4.15. The van der Waals surface area contributed by atoms with Crippen molar-refractivity contribution in [3.8, 4) is 0 Å². The molecule has 0 spiro atoms. The van der Waals surface area contributed by atoms with Crippen LogP contribution in [-0.4, -0.2) is 26.7 Å². The van der Waals surface area contributed by atoms with Crippen LogP contribution in [-0.2, 0) is 6.42 Å². The van der Waals surface area contributed by atoms with Crippen LogP contribution >= 0.6 is 0 Å². The summed E-state index contributed by atoms with van der Waals surface area (Å²) in [6.45, 7) is 4.13. The maximum absolute atomic E-state index is 12.0. The number of nitrogens with zero attached hydrogens (tertiary/aromatic N) is 3. The minimum Gasteiger partial charge on any atom is -0.335 e. The Bertz CT molecular complexity index is 836. The lowest BCUT2D eigenvalue weighted by atomic mass is 10.1. The number of hydrogen-bond acceptors (Lipinski definition) is 3. The number of carbonyl (C=O) groups excluding carboxylic acids is 1. The molecule has 0 aliphatic rings. The van der Waals surface area contributed by atoms with Crippen LogP contribution in [0.1, 0.15) is 38.1 Å². The van der Waals surface area contributed by atoms with Gasteiger partial charge in [-0.15, -0.1) is 10.2 Å². The van der Waals surface area contributed by atoms with Crippen LogP contribution in [0.3, 0.4) is 0 Å². The summed E-state index contributed by atoms with van der Waals surface area (Å²) in [5.74, 6) is 0.891. The number of rotatable bonds is 6. The number of amides is 2. The van der Waals surface area contributed by atoms with Crippen molar-refractivity contribution in [1.82, 2.24) is 19.9 Å². The lowest BCUT2D eigenvalue weighted by Crippen LogP contribution is -2.37. The van der Waals surface area contributed by atoms with E-state index in [1.807, 2.05) is 53.1 Å². The van der Waals surface area contributed by atoms with E-state index in [4.69, 9.17) is 0 Å². The first-order valence-corrected chi connectivity index (χ1v) is 8.64. The van der Waals surface area contributed by atoms with Gasteiger partial charge >= 0.3 is 6.03 Å². The van der Waals surface area contributed by atoms with E-state index in [0.29, 0.717) is 6.42 Å². The molecular formula is C19H23N5O. The molecule has 6 nitrogen and oxygen atoms in total. The van der Waals surface area contributed by atoms with Gasteiger partial charge < -0.3 is 10.6 Å². The molecule has 2 heterocycles. The van der Waals surface area contributed by atoms with Gasteiger partial charge in [0.15, 0.2) is 5.65 Å². The zero-order valence-corrected chi connectivity index (χ0v) is 14.6. The van der Waals surface area contributed by atoms with Gasteiger partial charge in [0.1, 0.15) is 5.82 Å². The zero-order chi connectivity index (χ0) is 17.6. The van der Waals surface area contributed by atoms with Crippen molar-refractivity contribution in [3.05, 3.63) is 60.0 Å². The molecule has 0 aliphatic carbocycles. The SMILES string of the molecule is CCC(CC)NC(=O)Nc1ccc(Cc2nnc3ccccn23)cc1. The lowest BCUT2D eigenvalue weighted by Gasteiger charge is -2.15. The molecule has 2 N–H and O–H groups in total. The molecule has 6 heteroatoms. The molecule has 0 fully saturated rings. The molecule has 0 atom stereocenters. The molecule has 2 aromatic heterocycles. The van der Waals surface area contributed by atoms with Gasteiger partial charge in [-0.2, -0.15) is 0 Å². The predicted octanol–water partition coefficient (Wildman–Crippen LogP) is 3.63. The minimum atomic E-state index is -0.162. The largest absolute Gasteiger partial charge is 0.335 e. The average Bonchev–Trinajstić information content (AvgIpc) is 3.04. The summed E-state index contributed by atoms with van der Waals surface area (Å²) in [4.78, 5) is 12.0. The quantitative estimate of drug-likeness (QED) is 0.721. The van der Waals surface area contributed by atoms with Crippen molar-refractivity contribution in [3.63, 3.8) is 0 Å². The van der Waals surface area contributed by atoms with Crippen molar-refractivity contribution in [1.29, 1.82) is 0 Å². The number of hydrogen-bond donors (Lipinski definition) is 2. The van der Waals surface area contributed by atoms with Crippen LogP contribution in [0, 0.1) is 0 Å². The molecule has 0 radical (unpaired) electrons. The normalized spacial score (nSPS) is 11.0. The second-order valence-corrected chi connectivity index (χ2v) is 6.03. The van der Waals surface area contributed by atoms with Crippen LogP contribution in [0.25, 0.3) is 5.65 Å². The highest BCUT2D eigenvalue weighted by Gasteiger charge is 2.09. The molecular weight excluding hydrogens is 314 g/mol. The van der Waals surface area contributed by atoms with E-state index >= 15 is 0 Å². The number of fused-ring (bicyclic) bond motifs is 1. The summed E-state index contributed by atoms with van der Waals surface area (Å²) in [6, 6.07) is 13.7. The molecule has 3 aromatic rings. The Labute approximate surface area is 147 Å². The first-order chi connectivity index (χ1) is 12.2. The van der Waals surface area contributed by atoms with Gasteiger partial charge in [0.05, 0.1) is 0 Å². The summed E-state index contributed by atoms with van der Waals surface area (Å²) in [6.07, 6.45) is 4.50. The number of benzene rings is 1. The first kappa shape index (κ1) is 17.0. The van der Waals surface area contributed by atoms with Gasteiger partial charge in [0, 0.05) is 24.3 Å².